The highest BCUT2D eigenvalue weighted by Gasteiger charge is 2.31. The zero-order chi connectivity index (χ0) is 21.1. The maximum absolute atomic E-state index is 13.4. The number of para-hydroxylation sites is 1. The Morgan fingerprint density at radius 2 is 1.97 bits per heavy atom. The number of aromatic nitrogens is 2. The van der Waals surface area contributed by atoms with Crippen molar-refractivity contribution in [3.8, 4) is 16.3 Å². The summed E-state index contributed by atoms with van der Waals surface area (Å²) in [6.45, 7) is 3.19. The van der Waals surface area contributed by atoms with Crippen LogP contribution in [0, 0.1) is 5.92 Å². The molecule has 30 heavy (non-hydrogen) atoms. The first-order chi connectivity index (χ1) is 14.6. The standard InChI is InChI=1S/C22H22ClN3O3S/c1-2-29-22(28)15-9-11-25(12-10-15)21(27)19-14-17(20-8-5-13-30-20)24-26(19)18-7-4-3-6-16(18)23/h3-8,13-15H,2,9-12H2,1H3. The van der Waals surface area contributed by atoms with Crippen molar-refractivity contribution in [3.05, 3.63) is 58.6 Å². The van der Waals surface area contributed by atoms with Crippen LogP contribution in [0.4, 0.5) is 0 Å². The lowest BCUT2D eigenvalue weighted by Crippen LogP contribution is -2.41. The fourth-order valence-corrected chi connectivity index (χ4v) is 4.52. The van der Waals surface area contributed by atoms with Gasteiger partial charge in [-0.05, 0) is 49.4 Å². The number of esters is 1. The average Bonchev–Trinajstić information content (AvgIpc) is 3.44. The van der Waals surface area contributed by atoms with Gasteiger partial charge in [-0.1, -0.05) is 29.8 Å². The highest BCUT2D eigenvalue weighted by molar-refractivity contribution is 7.13. The summed E-state index contributed by atoms with van der Waals surface area (Å²) in [5.41, 5.74) is 1.85. The lowest BCUT2D eigenvalue weighted by Gasteiger charge is -2.30. The Bertz CT molecular complexity index is 1040. The van der Waals surface area contributed by atoms with Crippen molar-refractivity contribution in [2.75, 3.05) is 19.7 Å². The van der Waals surface area contributed by atoms with Gasteiger partial charge < -0.3 is 9.64 Å². The number of halogens is 1. The van der Waals surface area contributed by atoms with Gasteiger partial charge in [0.25, 0.3) is 5.91 Å². The molecular formula is C22H22ClN3O3S. The highest BCUT2D eigenvalue weighted by Crippen LogP contribution is 2.29. The van der Waals surface area contributed by atoms with Crippen LogP contribution >= 0.6 is 22.9 Å². The monoisotopic (exact) mass is 443 g/mol. The van der Waals surface area contributed by atoms with E-state index >= 15 is 0 Å². The molecule has 8 heteroatoms. The number of piperidine rings is 1. The molecule has 1 fully saturated rings. The van der Waals surface area contributed by atoms with Gasteiger partial charge in [0.1, 0.15) is 11.4 Å². The van der Waals surface area contributed by atoms with E-state index in [2.05, 4.69) is 5.10 Å². The van der Waals surface area contributed by atoms with Crippen LogP contribution in [0.25, 0.3) is 16.3 Å². The number of nitrogens with zero attached hydrogens (tertiary/aromatic N) is 3. The van der Waals surface area contributed by atoms with Crippen LogP contribution in [0.1, 0.15) is 30.3 Å². The highest BCUT2D eigenvalue weighted by atomic mass is 35.5. The van der Waals surface area contributed by atoms with E-state index in [1.54, 1.807) is 33.9 Å². The number of thiophene rings is 1. The summed E-state index contributed by atoms with van der Waals surface area (Å²) in [4.78, 5) is 28.2. The van der Waals surface area contributed by atoms with Crippen molar-refractivity contribution >= 4 is 34.8 Å². The molecule has 6 nitrogen and oxygen atoms in total. The zero-order valence-corrected chi connectivity index (χ0v) is 18.2. The third kappa shape index (κ3) is 4.13. The number of benzene rings is 1. The topological polar surface area (TPSA) is 64.4 Å². The minimum atomic E-state index is -0.175. The summed E-state index contributed by atoms with van der Waals surface area (Å²) >= 11 is 7.97. The molecule has 1 saturated heterocycles. The molecule has 3 heterocycles. The molecule has 0 spiro atoms. The molecule has 4 rings (SSSR count). The first-order valence-electron chi connectivity index (χ1n) is 9.93. The van der Waals surface area contributed by atoms with Gasteiger partial charge in [-0.3, -0.25) is 9.59 Å². The van der Waals surface area contributed by atoms with Gasteiger partial charge in [-0.25, -0.2) is 4.68 Å². The predicted octanol–water partition coefficient (Wildman–Crippen LogP) is 4.67. The second kappa shape index (κ2) is 9.02. The summed E-state index contributed by atoms with van der Waals surface area (Å²) in [7, 11) is 0. The first kappa shape index (κ1) is 20.6. The van der Waals surface area contributed by atoms with Gasteiger partial charge in [-0.2, -0.15) is 5.10 Å². The number of carbonyl (C=O) groups is 2. The molecule has 156 valence electrons. The molecule has 1 amide bonds. The van der Waals surface area contributed by atoms with Gasteiger partial charge in [-0.15, -0.1) is 11.3 Å². The largest absolute Gasteiger partial charge is 0.466 e. The second-order valence-corrected chi connectivity index (χ2v) is 8.43. The number of hydrogen-bond acceptors (Lipinski definition) is 5. The minimum Gasteiger partial charge on any atom is -0.466 e. The third-order valence-corrected chi connectivity index (χ3v) is 6.40. The van der Waals surface area contributed by atoms with E-state index in [0.717, 1.165) is 10.6 Å². The Morgan fingerprint density at radius 1 is 1.20 bits per heavy atom. The molecule has 0 atom stereocenters. The van der Waals surface area contributed by atoms with E-state index in [1.807, 2.05) is 41.8 Å². The van der Waals surface area contributed by atoms with Crippen molar-refractivity contribution in [1.82, 2.24) is 14.7 Å². The number of rotatable bonds is 5. The van der Waals surface area contributed by atoms with Crippen molar-refractivity contribution in [2.24, 2.45) is 5.92 Å². The summed E-state index contributed by atoms with van der Waals surface area (Å²) in [5.74, 6) is -0.442. The average molecular weight is 444 g/mol. The van der Waals surface area contributed by atoms with Crippen molar-refractivity contribution in [2.45, 2.75) is 19.8 Å². The SMILES string of the molecule is CCOC(=O)C1CCN(C(=O)c2cc(-c3cccs3)nn2-c2ccccc2Cl)CC1. The van der Waals surface area contributed by atoms with Gasteiger partial charge in [0.15, 0.2) is 0 Å². The number of carbonyl (C=O) groups excluding carboxylic acids is 2. The van der Waals surface area contributed by atoms with E-state index < -0.39 is 0 Å². The second-order valence-electron chi connectivity index (χ2n) is 7.07. The quantitative estimate of drug-likeness (QED) is 0.537. The normalized spacial score (nSPS) is 14.7. The number of ether oxygens (including phenoxy) is 1. The number of hydrogen-bond donors (Lipinski definition) is 0. The van der Waals surface area contributed by atoms with Gasteiger partial charge in [0.2, 0.25) is 0 Å². The molecule has 0 radical (unpaired) electrons. The van der Waals surface area contributed by atoms with Crippen LogP contribution in [0.15, 0.2) is 47.8 Å². The van der Waals surface area contributed by atoms with Crippen LogP contribution in [0.5, 0.6) is 0 Å². The summed E-state index contributed by atoms with van der Waals surface area (Å²) in [6.07, 6.45) is 1.20. The van der Waals surface area contributed by atoms with Crippen LogP contribution < -0.4 is 0 Å². The van der Waals surface area contributed by atoms with E-state index in [0.29, 0.717) is 48.9 Å². The first-order valence-corrected chi connectivity index (χ1v) is 11.2. The van der Waals surface area contributed by atoms with Crippen molar-refractivity contribution in [1.29, 1.82) is 0 Å². The molecule has 2 aromatic heterocycles. The molecule has 0 unspecified atom stereocenters. The van der Waals surface area contributed by atoms with E-state index in [-0.39, 0.29) is 17.8 Å². The minimum absolute atomic E-state index is 0.118. The molecule has 1 aliphatic rings. The lowest BCUT2D eigenvalue weighted by atomic mass is 9.97. The van der Waals surface area contributed by atoms with E-state index in [9.17, 15) is 9.59 Å². The fourth-order valence-electron chi connectivity index (χ4n) is 3.63. The van der Waals surface area contributed by atoms with Crippen LogP contribution in [0.2, 0.25) is 5.02 Å². The summed E-state index contributed by atoms with van der Waals surface area (Å²) < 4.78 is 6.75. The molecule has 0 N–H and O–H groups in total. The van der Waals surface area contributed by atoms with Crippen molar-refractivity contribution in [3.63, 3.8) is 0 Å². The van der Waals surface area contributed by atoms with Crippen LogP contribution in [-0.2, 0) is 9.53 Å². The molecule has 3 aromatic rings. The molecule has 1 aliphatic heterocycles. The summed E-state index contributed by atoms with van der Waals surface area (Å²) in [6, 6.07) is 13.1. The smallest absolute Gasteiger partial charge is 0.309 e. The molecule has 0 bridgehead atoms. The van der Waals surface area contributed by atoms with Crippen LogP contribution in [0.3, 0.4) is 0 Å². The molecule has 1 aromatic carbocycles. The Kier molecular flexibility index (Phi) is 6.20. The van der Waals surface area contributed by atoms with Gasteiger partial charge >= 0.3 is 5.97 Å². The lowest BCUT2D eigenvalue weighted by molar-refractivity contribution is -0.149. The van der Waals surface area contributed by atoms with E-state index in [1.165, 1.54) is 0 Å². The van der Waals surface area contributed by atoms with Gasteiger partial charge in [0, 0.05) is 13.1 Å². The fraction of sp³-hybridized carbons (Fsp3) is 0.318. The predicted molar refractivity (Wildman–Crippen MR) is 117 cm³/mol. The Hall–Kier alpha value is -2.64. The zero-order valence-electron chi connectivity index (χ0n) is 16.6. The van der Waals surface area contributed by atoms with E-state index in [4.69, 9.17) is 16.3 Å². The Morgan fingerprint density at radius 3 is 2.63 bits per heavy atom. The third-order valence-electron chi connectivity index (χ3n) is 5.18. The Labute approximate surface area is 184 Å². The van der Waals surface area contributed by atoms with Crippen LogP contribution in [-0.4, -0.2) is 46.3 Å². The number of likely N-dealkylation sites (tertiary alicyclic amines) is 1. The molecule has 0 saturated carbocycles. The number of amides is 1. The summed E-state index contributed by atoms with van der Waals surface area (Å²) in [5, 5.41) is 7.19. The van der Waals surface area contributed by atoms with Gasteiger partial charge in [0.05, 0.1) is 28.1 Å². The molecular weight excluding hydrogens is 422 g/mol. The Balaban J connectivity index is 1.62. The van der Waals surface area contributed by atoms with Crippen molar-refractivity contribution < 1.29 is 14.3 Å². The molecule has 0 aliphatic carbocycles. The maximum atomic E-state index is 13.4. The maximum Gasteiger partial charge on any atom is 0.309 e.